The number of nitrogens with zero attached hydrogens (tertiary/aromatic N) is 2. The monoisotopic (exact) mass is 508 g/mol. The molecule has 4 rings (SSSR count). The van der Waals surface area contributed by atoms with Crippen LogP contribution in [0, 0.1) is 17.7 Å². The first kappa shape index (κ1) is 26.0. The van der Waals surface area contributed by atoms with Gasteiger partial charge in [0.1, 0.15) is 5.82 Å². The molecule has 0 saturated heterocycles. The maximum atomic E-state index is 13.5. The Kier molecular flexibility index (Phi) is 8.54. The quantitative estimate of drug-likeness (QED) is 0.385. The van der Waals surface area contributed by atoms with Gasteiger partial charge in [-0.15, -0.1) is 0 Å². The molecule has 0 bridgehead atoms. The highest BCUT2D eigenvalue weighted by atomic mass is 32.2. The lowest BCUT2D eigenvalue weighted by Gasteiger charge is -2.33. The molecule has 0 unspecified atom stereocenters. The lowest BCUT2D eigenvalue weighted by Crippen LogP contribution is -2.38. The SMILES string of the molecule is CN(Cc1ccccc1)C(=O)C1CCC(CN(Cc2ccc(F)cc2)S(=O)(=O)c2ccccc2)CC1. The molecule has 0 aliphatic heterocycles. The number of benzene rings is 3. The average molecular weight is 509 g/mol. The van der Waals surface area contributed by atoms with Gasteiger partial charge in [0.15, 0.2) is 0 Å². The Labute approximate surface area is 213 Å². The maximum Gasteiger partial charge on any atom is 0.243 e. The number of amides is 1. The van der Waals surface area contributed by atoms with Crippen molar-refractivity contribution >= 4 is 15.9 Å². The molecular formula is C29H33FN2O3S. The smallest absolute Gasteiger partial charge is 0.243 e. The average Bonchev–Trinajstić information content (AvgIpc) is 2.90. The van der Waals surface area contributed by atoms with Crippen molar-refractivity contribution < 1.29 is 17.6 Å². The largest absolute Gasteiger partial charge is 0.341 e. The van der Waals surface area contributed by atoms with E-state index in [2.05, 4.69) is 0 Å². The fourth-order valence-corrected chi connectivity index (χ4v) is 6.43. The van der Waals surface area contributed by atoms with Crippen molar-refractivity contribution in [2.45, 2.75) is 43.7 Å². The van der Waals surface area contributed by atoms with Crippen LogP contribution in [0.5, 0.6) is 0 Å². The van der Waals surface area contributed by atoms with Gasteiger partial charge in [-0.2, -0.15) is 4.31 Å². The van der Waals surface area contributed by atoms with E-state index in [0.717, 1.165) is 36.8 Å². The Morgan fingerprint density at radius 1 is 0.806 bits per heavy atom. The lowest BCUT2D eigenvalue weighted by molar-refractivity contribution is -0.136. The van der Waals surface area contributed by atoms with Crippen LogP contribution < -0.4 is 0 Å². The molecule has 0 N–H and O–H groups in total. The van der Waals surface area contributed by atoms with Crippen LogP contribution in [0.4, 0.5) is 4.39 Å². The molecule has 0 heterocycles. The van der Waals surface area contributed by atoms with Crippen molar-refractivity contribution in [1.29, 1.82) is 0 Å². The molecule has 0 atom stereocenters. The van der Waals surface area contributed by atoms with E-state index in [9.17, 15) is 17.6 Å². The summed E-state index contributed by atoms with van der Waals surface area (Å²) in [5.74, 6) is -0.0764. The minimum absolute atomic E-state index is 0.0359. The summed E-state index contributed by atoms with van der Waals surface area (Å²) in [4.78, 5) is 15.1. The topological polar surface area (TPSA) is 57.7 Å². The van der Waals surface area contributed by atoms with Crippen molar-refractivity contribution in [2.24, 2.45) is 11.8 Å². The van der Waals surface area contributed by atoms with Crippen LogP contribution in [-0.2, 0) is 27.9 Å². The van der Waals surface area contributed by atoms with E-state index in [4.69, 9.17) is 0 Å². The van der Waals surface area contributed by atoms with E-state index >= 15 is 0 Å². The predicted octanol–water partition coefficient (Wildman–Crippen LogP) is 5.48. The highest BCUT2D eigenvalue weighted by Gasteiger charge is 2.32. The molecule has 7 heteroatoms. The number of hydrogen-bond donors (Lipinski definition) is 0. The Balaban J connectivity index is 1.41. The Bertz CT molecular complexity index is 1230. The van der Waals surface area contributed by atoms with Crippen LogP contribution in [-0.4, -0.2) is 37.1 Å². The van der Waals surface area contributed by atoms with Gasteiger partial charge in [-0.3, -0.25) is 4.79 Å². The van der Waals surface area contributed by atoms with Crippen LogP contribution in [0.1, 0.15) is 36.8 Å². The highest BCUT2D eigenvalue weighted by molar-refractivity contribution is 7.89. The molecule has 190 valence electrons. The molecule has 1 fully saturated rings. The number of hydrogen-bond acceptors (Lipinski definition) is 3. The van der Waals surface area contributed by atoms with E-state index in [1.54, 1.807) is 47.4 Å². The summed E-state index contributed by atoms with van der Waals surface area (Å²) in [5.41, 5.74) is 1.84. The molecule has 3 aromatic carbocycles. The normalized spacial score (nSPS) is 18.2. The summed E-state index contributed by atoms with van der Waals surface area (Å²) in [6.45, 7) is 1.13. The van der Waals surface area contributed by atoms with E-state index in [1.807, 2.05) is 37.4 Å². The first-order valence-electron chi connectivity index (χ1n) is 12.4. The van der Waals surface area contributed by atoms with Gasteiger partial charge in [0.05, 0.1) is 4.90 Å². The number of halogens is 1. The fourth-order valence-electron chi connectivity index (χ4n) is 4.91. The Morgan fingerprint density at radius 2 is 1.36 bits per heavy atom. The molecule has 0 aromatic heterocycles. The van der Waals surface area contributed by atoms with Crippen LogP contribution >= 0.6 is 0 Å². The minimum Gasteiger partial charge on any atom is -0.341 e. The maximum absolute atomic E-state index is 13.5. The van der Waals surface area contributed by atoms with E-state index in [-0.39, 0.29) is 35.0 Å². The van der Waals surface area contributed by atoms with E-state index in [1.165, 1.54) is 16.4 Å². The van der Waals surface area contributed by atoms with Gasteiger partial charge >= 0.3 is 0 Å². The van der Waals surface area contributed by atoms with Crippen LogP contribution in [0.15, 0.2) is 89.8 Å². The van der Waals surface area contributed by atoms with Gasteiger partial charge in [-0.1, -0.05) is 60.7 Å². The molecule has 1 amide bonds. The minimum atomic E-state index is -3.72. The van der Waals surface area contributed by atoms with E-state index < -0.39 is 10.0 Å². The molecule has 1 aliphatic rings. The number of sulfonamides is 1. The summed E-state index contributed by atoms with van der Waals surface area (Å²) >= 11 is 0. The second-order valence-corrected chi connectivity index (χ2v) is 11.6. The second kappa shape index (κ2) is 11.8. The van der Waals surface area contributed by atoms with Gasteiger partial charge in [0.2, 0.25) is 15.9 Å². The first-order chi connectivity index (χ1) is 17.3. The molecular weight excluding hydrogens is 475 g/mol. The third kappa shape index (κ3) is 6.59. The molecule has 0 radical (unpaired) electrons. The van der Waals surface area contributed by atoms with Crippen molar-refractivity contribution in [2.75, 3.05) is 13.6 Å². The first-order valence-corrected chi connectivity index (χ1v) is 13.9. The van der Waals surface area contributed by atoms with Crippen LogP contribution in [0.25, 0.3) is 0 Å². The van der Waals surface area contributed by atoms with Crippen molar-refractivity contribution in [3.63, 3.8) is 0 Å². The Hall–Kier alpha value is -3.03. The van der Waals surface area contributed by atoms with Gasteiger partial charge in [0.25, 0.3) is 0 Å². The van der Waals surface area contributed by atoms with Crippen molar-refractivity contribution in [3.8, 4) is 0 Å². The zero-order valence-electron chi connectivity index (χ0n) is 20.6. The lowest BCUT2D eigenvalue weighted by atomic mass is 9.81. The van der Waals surface area contributed by atoms with Gasteiger partial charge in [-0.25, -0.2) is 12.8 Å². The molecule has 5 nitrogen and oxygen atoms in total. The molecule has 1 aliphatic carbocycles. The Morgan fingerprint density at radius 3 is 1.97 bits per heavy atom. The predicted molar refractivity (Wildman–Crippen MR) is 139 cm³/mol. The number of carbonyl (C=O) groups is 1. The van der Waals surface area contributed by atoms with Crippen LogP contribution in [0.2, 0.25) is 0 Å². The zero-order chi connectivity index (χ0) is 25.5. The zero-order valence-corrected chi connectivity index (χ0v) is 21.4. The van der Waals surface area contributed by atoms with E-state index in [0.29, 0.717) is 13.1 Å². The standard InChI is InChI=1S/C29H33FN2O3S/c1-31(20-23-8-4-2-5-9-23)29(33)26-16-12-24(13-17-26)21-32(22-25-14-18-27(30)19-15-25)36(34,35)28-10-6-3-7-11-28/h2-11,14-15,18-19,24,26H,12-13,16-17,20-22H2,1H3. The number of carbonyl (C=O) groups excluding carboxylic acids is 1. The summed E-state index contributed by atoms with van der Waals surface area (Å²) in [6, 6.07) is 24.3. The third-order valence-corrected chi connectivity index (χ3v) is 8.78. The molecule has 36 heavy (non-hydrogen) atoms. The number of rotatable bonds is 9. The molecule has 1 saturated carbocycles. The van der Waals surface area contributed by atoms with Gasteiger partial charge in [0, 0.05) is 32.6 Å². The van der Waals surface area contributed by atoms with Gasteiger partial charge in [-0.05, 0) is 67.0 Å². The molecule has 0 spiro atoms. The summed E-state index contributed by atoms with van der Waals surface area (Å²) in [7, 11) is -1.88. The van der Waals surface area contributed by atoms with Crippen molar-refractivity contribution in [1.82, 2.24) is 9.21 Å². The van der Waals surface area contributed by atoms with Crippen LogP contribution in [0.3, 0.4) is 0 Å². The molecule has 3 aromatic rings. The highest BCUT2D eigenvalue weighted by Crippen LogP contribution is 2.32. The summed E-state index contributed by atoms with van der Waals surface area (Å²) in [5, 5.41) is 0. The van der Waals surface area contributed by atoms with Gasteiger partial charge < -0.3 is 4.90 Å². The summed E-state index contributed by atoms with van der Waals surface area (Å²) in [6.07, 6.45) is 3.08. The second-order valence-electron chi connectivity index (χ2n) is 9.63. The summed E-state index contributed by atoms with van der Waals surface area (Å²) < 4.78 is 41.9. The third-order valence-electron chi connectivity index (χ3n) is 6.95. The fraction of sp³-hybridized carbons (Fsp3) is 0.345. The van der Waals surface area contributed by atoms with Crippen molar-refractivity contribution in [3.05, 3.63) is 102 Å².